The van der Waals surface area contributed by atoms with Crippen LogP contribution in [-0.2, 0) is 0 Å². The first kappa shape index (κ1) is 15.0. The lowest BCUT2D eigenvalue weighted by molar-refractivity contribution is 0.166. The third-order valence-electron chi connectivity index (χ3n) is 2.74. The molecule has 0 saturated carbocycles. The lowest BCUT2D eigenvalue weighted by atomic mass is 9.97. The van der Waals surface area contributed by atoms with Gasteiger partial charge in [0.25, 0.3) is 0 Å². The average Bonchev–Trinajstić information content (AvgIpc) is 2.27. The van der Waals surface area contributed by atoms with Crippen LogP contribution in [0.3, 0.4) is 0 Å². The molecule has 0 aromatic heterocycles. The number of rotatable bonds is 5. The van der Waals surface area contributed by atoms with Crippen molar-refractivity contribution in [3.63, 3.8) is 0 Å². The van der Waals surface area contributed by atoms with Crippen LogP contribution in [0.15, 0.2) is 18.2 Å². The fourth-order valence-electron chi connectivity index (χ4n) is 1.81. The number of aliphatic hydroxyl groups excluding tert-OH is 1. The largest absolute Gasteiger partial charge is 0.496 e. The van der Waals surface area contributed by atoms with Crippen molar-refractivity contribution in [3.05, 3.63) is 29.3 Å². The Hall–Kier alpha value is -1.06. The molecule has 0 amide bonds. The zero-order valence-electron chi connectivity index (χ0n) is 12.1. The van der Waals surface area contributed by atoms with E-state index in [4.69, 9.17) is 4.74 Å². The summed E-state index contributed by atoms with van der Waals surface area (Å²) < 4.78 is 5.28. The maximum Gasteiger partial charge on any atom is 0.124 e. The van der Waals surface area contributed by atoms with Crippen LogP contribution >= 0.6 is 0 Å². The number of methoxy groups -OCH3 is 1. The van der Waals surface area contributed by atoms with Gasteiger partial charge in [-0.25, -0.2) is 0 Å². The zero-order chi connectivity index (χ0) is 13.8. The quantitative estimate of drug-likeness (QED) is 0.845. The zero-order valence-corrected chi connectivity index (χ0v) is 12.1. The monoisotopic (exact) mass is 251 g/mol. The van der Waals surface area contributed by atoms with Gasteiger partial charge < -0.3 is 15.2 Å². The van der Waals surface area contributed by atoms with Crippen molar-refractivity contribution >= 4 is 0 Å². The van der Waals surface area contributed by atoms with E-state index in [0.717, 1.165) is 23.4 Å². The standard InChI is InChI=1S/C15H25NO2/c1-11-6-7-14(18-5)12(8-11)13(17)9-16-10-15(2,3)4/h6-8,13,16-17H,9-10H2,1-5H3. The molecule has 1 aromatic rings. The van der Waals surface area contributed by atoms with Gasteiger partial charge in [-0.1, -0.05) is 32.4 Å². The Bertz CT molecular complexity index is 383. The van der Waals surface area contributed by atoms with Gasteiger partial charge in [0.1, 0.15) is 5.75 Å². The summed E-state index contributed by atoms with van der Waals surface area (Å²) in [5.74, 6) is 0.741. The highest BCUT2D eigenvalue weighted by Crippen LogP contribution is 2.26. The van der Waals surface area contributed by atoms with Crippen LogP contribution in [0.25, 0.3) is 0 Å². The van der Waals surface area contributed by atoms with Crippen LogP contribution in [0.4, 0.5) is 0 Å². The normalized spacial score (nSPS) is 13.4. The minimum Gasteiger partial charge on any atom is -0.496 e. The average molecular weight is 251 g/mol. The number of ether oxygens (including phenoxy) is 1. The topological polar surface area (TPSA) is 41.5 Å². The van der Waals surface area contributed by atoms with E-state index in [1.807, 2.05) is 25.1 Å². The van der Waals surface area contributed by atoms with Crippen LogP contribution < -0.4 is 10.1 Å². The Morgan fingerprint density at radius 1 is 1.33 bits per heavy atom. The van der Waals surface area contributed by atoms with Crippen molar-refractivity contribution in [1.82, 2.24) is 5.32 Å². The molecule has 0 fully saturated rings. The highest BCUT2D eigenvalue weighted by Gasteiger charge is 2.15. The second-order valence-electron chi connectivity index (χ2n) is 5.95. The van der Waals surface area contributed by atoms with Gasteiger partial charge in [0.15, 0.2) is 0 Å². The van der Waals surface area contributed by atoms with Crippen LogP contribution in [0, 0.1) is 12.3 Å². The maximum atomic E-state index is 10.2. The summed E-state index contributed by atoms with van der Waals surface area (Å²) in [4.78, 5) is 0. The van der Waals surface area contributed by atoms with E-state index >= 15 is 0 Å². The molecule has 102 valence electrons. The van der Waals surface area contributed by atoms with E-state index in [9.17, 15) is 5.11 Å². The van der Waals surface area contributed by atoms with Crippen molar-refractivity contribution in [2.75, 3.05) is 20.2 Å². The number of hydrogen-bond donors (Lipinski definition) is 2. The van der Waals surface area contributed by atoms with Crippen molar-refractivity contribution in [2.24, 2.45) is 5.41 Å². The molecule has 0 heterocycles. The van der Waals surface area contributed by atoms with Gasteiger partial charge in [-0.05, 0) is 24.5 Å². The molecule has 0 bridgehead atoms. The molecule has 1 unspecified atom stereocenters. The van der Waals surface area contributed by atoms with Crippen molar-refractivity contribution in [3.8, 4) is 5.75 Å². The summed E-state index contributed by atoms with van der Waals surface area (Å²) in [6.45, 7) is 9.92. The molecule has 18 heavy (non-hydrogen) atoms. The minimum atomic E-state index is -0.540. The number of hydrogen-bond acceptors (Lipinski definition) is 3. The molecule has 3 nitrogen and oxygen atoms in total. The molecular weight excluding hydrogens is 226 g/mol. The number of aliphatic hydroxyl groups is 1. The van der Waals surface area contributed by atoms with E-state index < -0.39 is 6.10 Å². The molecule has 0 aliphatic carbocycles. The molecule has 1 aromatic carbocycles. The second kappa shape index (κ2) is 6.21. The number of nitrogens with one attached hydrogen (secondary N) is 1. The molecule has 1 atom stereocenters. The Balaban J connectivity index is 2.66. The molecular formula is C15H25NO2. The summed E-state index contributed by atoms with van der Waals surface area (Å²) in [5, 5.41) is 13.5. The van der Waals surface area contributed by atoms with Crippen molar-refractivity contribution < 1.29 is 9.84 Å². The fraction of sp³-hybridized carbons (Fsp3) is 0.600. The first-order valence-electron chi connectivity index (χ1n) is 6.37. The summed E-state index contributed by atoms with van der Waals surface area (Å²) in [7, 11) is 1.63. The number of aryl methyl sites for hydroxylation is 1. The molecule has 1 rings (SSSR count). The van der Waals surface area contributed by atoms with E-state index in [-0.39, 0.29) is 5.41 Å². The molecule has 3 heteroatoms. The lowest BCUT2D eigenvalue weighted by Crippen LogP contribution is -2.30. The molecule has 0 aliphatic heterocycles. The summed E-state index contributed by atoms with van der Waals surface area (Å²) in [5.41, 5.74) is 2.19. The van der Waals surface area contributed by atoms with Crippen LogP contribution in [0.2, 0.25) is 0 Å². The third-order valence-corrected chi connectivity index (χ3v) is 2.74. The highest BCUT2D eigenvalue weighted by molar-refractivity contribution is 5.38. The summed E-state index contributed by atoms with van der Waals surface area (Å²) in [6, 6.07) is 5.86. The Morgan fingerprint density at radius 3 is 2.56 bits per heavy atom. The predicted molar refractivity (Wildman–Crippen MR) is 75.0 cm³/mol. The smallest absolute Gasteiger partial charge is 0.124 e. The molecule has 0 spiro atoms. The van der Waals surface area contributed by atoms with E-state index in [1.54, 1.807) is 7.11 Å². The highest BCUT2D eigenvalue weighted by atomic mass is 16.5. The van der Waals surface area contributed by atoms with E-state index in [2.05, 4.69) is 26.1 Å². The SMILES string of the molecule is COc1ccc(C)cc1C(O)CNCC(C)(C)C. The molecule has 0 saturated heterocycles. The van der Waals surface area contributed by atoms with E-state index in [1.165, 1.54) is 0 Å². The van der Waals surface area contributed by atoms with Crippen molar-refractivity contribution in [1.29, 1.82) is 0 Å². The van der Waals surface area contributed by atoms with Crippen LogP contribution in [0.1, 0.15) is 38.0 Å². The van der Waals surface area contributed by atoms with Gasteiger partial charge in [0, 0.05) is 18.7 Å². The van der Waals surface area contributed by atoms with Crippen molar-refractivity contribution in [2.45, 2.75) is 33.8 Å². The first-order chi connectivity index (χ1) is 8.33. The fourth-order valence-corrected chi connectivity index (χ4v) is 1.81. The molecule has 0 aliphatic rings. The minimum absolute atomic E-state index is 0.219. The molecule has 0 radical (unpaired) electrons. The Labute approximate surface area is 110 Å². The predicted octanol–water partition coefficient (Wildman–Crippen LogP) is 2.67. The second-order valence-corrected chi connectivity index (χ2v) is 5.95. The molecule has 2 N–H and O–H groups in total. The van der Waals surface area contributed by atoms with Gasteiger partial charge in [-0.2, -0.15) is 0 Å². The van der Waals surface area contributed by atoms with E-state index in [0.29, 0.717) is 6.54 Å². The van der Waals surface area contributed by atoms with Gasteiger partial charge in [-0.3, -0.25) is 0 Å². The Kier molecular flexibility index (Phi) is 5.17. The summed E-state index contributed by atoms with van der Waals surface area (Å²) >= 11 is 0. The van der Waals surface area contributed by atoms with Gasteiger partial charge >= 0.3 is 0 Å². The number of benzene rings is 1. The van der Waals surface area contributed by atoms with Gasteiger partial charge in [0.2, 0.25) is 0 Å². The van der Waals surface area contributed by atoms with Gasteiger partial charge in [0.05, 0.1) is 13.2 Å². The first-order valence-corrected chi connectivity index (χ1v) is 6.37. The third kappa shape index (κ3) is 4.67. The summed E-state index contributed by atoms with van der Waals surface area (Å²) in [6.07, 6.45) is -0.540. The van der Waals surface area contributed by atoms with Gasteiger partial charge in [-0.15, -0.1) is 0 Å². The maximum absolute atomic E-state index is 10.2. The lowest BCUT2D eigenvalue weighted by Gasteiger charge is -2.21. The van der Waals surface area contributed by atoms with Crippen LogP contribution in [-0.4, -0.2) is 25.3 Å². The van der Waals surface area contributed by atoms with Crippen LogP contribution in [0.5, 0.6) is 5.75 Å². The Morgan fingerprint density at radius 2 is 2.00 bits per heavy atom.